The maximum atomic E-state index is 13.2. The molecule has 1 aliphatic heterocycles. The number of morpholine rings is 1. The first-order chi connectivity index (χ1) is 14.4. The van der Waals surface area contributed by atoms with E-state index in [1.165, 1.54) is 6.07 Å². The van der Waals surface area contributed by atoms with Gasteiger partial charge in [0.05, 0.1) is 35.4 Å². The molecule has 10 heteroatoms. The Morgan fingerprint density at radius 1 is 0.900 bits per heavy atom. The number of nitrogens with zero attached hydrogens (tertiary/aromatic N) is 1. The van der Waals surface area contributed by atoms with Gasteiger partial charge in [-0.2, -0.15) is 0 Å². The summed E-state index contributed by atoms with van der Waals surface area (Å²) >= 11 is 12.6. The molecule has 2 N–H and O–H groups in total. The summed E-state index contributed by atoms with van der Waals surface area (Å²) in [5, 5.41) is 1.86. The van der Waals surface area contributed by atoms with Gasteiger partial charge in [0.25, 0.3) is 0 Å². The first-order valence-corrected chi connectivity index (χ1v) is 12.9. The lowest BCUT2D eigenvalue weighted by Crippen LogP contribution is -2.36. The highest BCUT2D eigenvalue weighted by Gasteiger charge is 2.12. The van der Waals surface area contributed by atoms with Gasteiger partial charge in [0.15, 0.2) is 0 Å². The van der Waals surface area contributed by atoms with Gasteiger partial charge >= 0.3 is 0 Å². The number of hydrogen-bond donors (Lipinski definition) is 1. The summed E-state index contributed by atoms with van der Waals surface area (Å²) in [6, 6.07) is 9.68. The van der Waals surface area contributed by atoms with Crippen molar-refractivity contribution in [2.75, 3.05) is 60.8 Å². The van der Waals surface area contributed by atoms with E-state index < -0.39 is 0 Å². The summed E-state index contributed by atoms with van der Waals surface area (Å²) in [6.45, 7) is 4.73. The second-order valence-corrected chi connectivity index (χ2v) is 9.16. The van der Waals surface area contributed by atoms with Gasteiger partial charge in [-0.3, -0.25) is 0 Å². The second-order valence-electron chi connectivity index (χ2n) is 5.86. The summed E-state index contributed by atoms with van der Waals surface area (Å²) in [7, 11) is 0. The molecule has 0 saturated carbocycles. The Morgan fingerprint density at radius 3 is 1.90 bits per heavy atom. The number of ether oxygens (including phenoxy) is 2. The summed E-state index contributed by atoms with van der Waals surface area (Å²) < 4.78 is 36.9. The zero-order valence-electron chi connectivity index (χ0n) is 16.2. The Balaban J connectivity index is 0.000000244. The highest BCUT2D eigenvalue weighted by Crippen LogP contribution is 2.22. The van der Waals surface area contributed by atoms with Crippen molar-refractivity contribution in [3.63, 3.8) is 0 Å². The fourth-order valence-electron chi connectivity index (χ4n) is 2.23. The van der Waals surface area contributed by atoms with Gasteiger partial charge in [-0.15, -0.1) is 0 Å². The molecule has 0 amide bonds. The van der Waals surface area contributed by atoms with Crippen molar-refractivity contribution in [2.24, 2.45) is 0 Å². The molecule has 1 saturated heterocycles. The van der Waals surface area contributed by atoms with E-state index in [-0.39, 0.29) is 11.6 Å². The molecule has 0 bridgehead atoms. The maximum absolute atomic E-state index is 13.2. The van der Waals surface area contributed by atoms with E-state index in [2.05, 4.69) is 68.6 Å². The molecular formula is C20H24Br4F2N2O2. The third-order valence-corrected chi connectivity index (χ3v) is 5.60. The summed E-state index contributed by atoms with van der Waals surface area (Å²) in [6.07, 6.45) is 0. The molecule has 168 valence electrons. The minimum Gasteiger partial charge on any atom is -0.399 e. The molecule has 0 atom stereocenters. The van der Waals surface area contributed by atoms with Crippen molar-refractivity contribution in [3.8, 4) is 0 Å². The van der Waals surface area contributed by atoms with Crippen LogP contribution in [0.25, 0.3) is 0 Å². The third kappa shape index (κ3) is 11.4. The predicted octanol–water partition coefficient (Wildman–Crippen LogP) is 6.39. The van der Waals surface area contributed by atoms with E-state index >= 15 is 0 Å². The normalized spacial score (nSPS) is 13.1. The largest absolute Gasteiger partial charge is 0.399 e. The number of nitrogen functional groups attached to an aromatic ring is 1. The number of hydrogen-bond acceptors (Lipinski definition) is 4. The Morgan fingerprint density at radius 2 is 1.43 bits per heavy atom. The van der Waals surface area contributed by atoms with Crippen LogP contribution >= 0.6 is 63.7 Å². The SMILES string of the molecule is BrCCOCCBr.Fc1cc(N2CCOCC2)ccc1Br.Nc1ccc(Br)c(F)c1. The minimum atomic E-state index is -0.324. The van der Waals surface area contributed by atoms with Crippen LogP contribution < -0.4 is 10.6 Å². The number of nitrogens with two attached hydrogens (primary N) is 1. The second kappa shape index (κ2) is 16.4. The molecule has 0 spiro atoms. The lowest BCUT2D eigenvalue weighted by Gasteiger charge is -2.28. The monoisotopic (exact) mass is 678 g/mol. The van der Waals surface area contributed by atoms with E-state index in [1.54, 1.807) is 24.3 Å². The van der Waals surface area contributed by atoms with E-state index in [9.17, 15) is 8.78 Å². The topological polar surface area (TPSA) is 47.7 Å². The van der Waals surface area contributed by atoms with Crippen LogP contribution in [0.5, 0.6) is 0 Å². The summed E-state index contributed by atoms with van der Waals surface area (Å²) in [5.41, 5.74) is 6.63. The lowest BCUT2D eigenvalue weighted by atomic mass is 10.2. The van der Waals surface area contributed by atoms with Crippen molar-refractivity contribution < 1.29 is 18.3 Å². The van der Waals surface area contributed by atoms with Gasteiger partial charge in [-0.1, -0.05) is 31.9 Å². The van der Waals surface area contributed by atoms with Crippen molar-refractivity contribution in [1.29, 1.82) is 0 Å². The average Bonchev–Trinajstić information content (AvgIpc) is 2.75. The highest BCUT2D eigenvalue weighted by molar-refractivity contribution is 9.11. The van der Waals surface area contributed by atoms with Crippen LogP contribution in [-0.2, 0) is 9.47 Å². The Bertz CT molecular complexity index is 747. The molecule has 1 aliphatic rings. The number of alkyl halides is 2. The van der Waals surface area contributed by atoms with Gasteiger partial charge in [0.2, 0.25) is 0 Å². The molecule has 2 aromatic rings. The summed E-state index contributed by atoms with van der Waals surface area (Å²) in [5.74, 6) is -0.538. The molecule has 3 rings (SSSR count). The molecule has 1 fully saturated rings. The van der Waals surface area contributed by atoms with E-state index in [4.69, 9.17) is 15.2 Å². The van der Waals surface area contributed by atoms with Crippen LogP contribution in [0.3, 0.4) is 0 Å². The molecule has 4 nitrogen and oxygen atoms in total. The fourth-order valence-corrected chi connectivity index (χ4v) is 3.18. The van der Waals surface area contributed by atoms with Gasteiger partial charge in [0.1, 0.15) is 11.6 Å². The van der Waals surface area contributed by atoms with E-state index in [0.29, 0.717) is 14.6 Å². The molecule has 1 heterocycles. The number of halogens is 6. The van der Waals surface area contributed by atoms with Gasteiger partial charge in [0, 0.05) is 35.1 Å². The number of benzene rings is 2. The zero-order chi connectivity index (χ0) is 22.4. The van der Waals surface area contributed by atoms with Crippen LogP contribution in [0, 0.1) is 11.6 Å². The standard InChI is InChI=1S/C10H11BrFNO.C6H5BrFN.C4H8Br2O/c11-9-2-1-8(7-10(9)12)13-3-5-14-6-4-13;7-5-2-1-4(9)3-6(5)8;5-1-3-7-4-2-6/h1-2,7H,3-6H2;1-3H,9H2;1-4H2. The van der Waals surface area contributed by atoms with E-state index in [0.717, 1.165) is 55.9 Å². The van der Waals surface area contributed by atoms with Crippen LogP contribution in [0.2, 0.25) is 0 Å². The number of rotatable bonds is 5. The van der Waals surface area contributed by atoms with Crippen LogP contribution in [0.15, 0.2) is 45.3 Å². The quantitative estimate of drug-likeness (QED) is 0.226. The van der Waals surface area contributed by atoms with Crippen molar-refractivity contribution in [3.05, 3.63) is 57.0 Å². The lowest BCUT2D eigenvalue weighted by molar-refractivity contribution is 0.122. The van der Waals surface area contributed by atoms with Crippen LogP contribution in [0.4, 0.5) is 20.2 Å². The first kappa shape index (κ1) is 27.8. The Labute approximate surface area is 210 Å². The van der Waals surface area contributed by atoms with Gasteiger partial charge < -0.3 is 20.1 Å². The number of anilines is 2. The molecule has 2 aromatic carbocycles. The minimum absolute atomic E-state index is 0.214. The molecular weight excluding hydrogens is 658 g/mol. The molecule has 0 aromatic heterocycles. The average molecular weight is 682 g/mol. The third-order valence-electron chi connectivity index (χ3n) is 3.67. The molecule has 0 unspecified atom stereocenters. The van der Waals surface area contributed by atoms with Crippen molar-refractivity contribution in [2.45, 2.75) is 0 Å². The Kier molecular flexibility index (Phi) is 15.2. The zero-order valence-corrected chi connectivity index (χ0v) is 22.6. The first-order valence-electron chi connectivity index (χ1n) is 9.07. The molecule has 30 heavy (non-hydrogen) atoms. The Hall–Kier alpha value is -0.260. The maximum Gasteiger partial charge on any atom is 0.139 e. The molecule has 0 radical (unpaired) electrons. The van der Waals surface area contributed by atoms with Gasteiger partial charge in [-0.05, 0) is 68.3 Å². The van der Waals surface area contributed by atoms with Gasteiger partial charge in [-0.25, -0.2) is 8.78 Å². The van der Waals surface area contributed by atoms with Crippen molar-refractivity contribution >= 4 is 75.1 Å². The predicted molar refractivity (Wildman–Crippen MR) is 134 cm³/mol. The van der Waals surface area contributed by atoms with E-state index in [1.807, 2.05) is 6.07 Å². The molecule has 0 aliphatic carbocycles. The van der Waals surface area contributed by atoms with Crippen LogP contribution in [-0.4, -0.2) is 50.2 Å². The highest BCUT2D eigenvalue weighted by atomic mass is 79.9. The summed E-state index contributed by atoms with van der Waals surface area (Å²) in [4.78, 5) is 2.12. The smallest absolute Gasteiger partial charge is 0.139 e. The van der Waals surface area contributed by atoms with Crippen molar-refractivity contribution in [1.82, 2.24) is 0 Å². The van der Waals surface area contributed by atoms with Crippen LogP contribution in [0.1, 0.15) is 0 Å². The fraction of sp³-hybridized carbons (Fsp3) is 0.400.